The summed E-state index contributed by atoms with van der Waals surface area (Å²) in [5, 5.41) is 11.1. The van der Waals surface area contributed by atoms with Gasteiger partial charge in [-0.25, -0.2) is 9.37 Å². The van der Waals surface area contributed by atoms with E-state index in [1.54, 1.807) is 18.3 Å². The van der Waals surface area contributed by atoms with E-state index < -0.39 is 0 Å². The molecule has 0 saturated carbocycles. The fourth-order valence-corrected chi connectivity index (χ4v) is 2.01. The molecule has 0 saturated heterocycles. The van der Waals surface area contributed by atoms with Crippen molar-refractivity contribution in [3.8, 4) is 0 Å². The van der Waals surface area contributed by atoms with Gasteiger partial charge in [-0.05, 0) is 43.7 Å². The van der Waals surface area contributed by atoms with E-state index in [-0.39, 0.29) is 5.82 Å². The molecule has 2 aromatic rings. The largest absolute Gasteiger partial charge is 0.354 e. The predicted octanol–water partition coefficient (Wildman–Crippen LogP) is 3.01. The van der Waals surface area contributed by atoms with E-state index in [1.807, 2.05) is 10.8 Å². The van der Waals surface area contributed by atoms with Gasteiger partial charge in [-0.1, -0.05) is 6.42 Å². The van der Waals surface area contributed by atoms with Crippen LogP contribution < -0.4 is 5.23 Å². The normalized spacial score (nSPS) is 11.0. The molecule has 2 rings (SSSR count). The highest BCUT2D eigenvalue weighted by atomic mass is 19.1. The zero-order chi connectivity index (χ0) is 16.3. The summed E-state index contributed by atoms with van der Waals surface area (Å²) in [5.41, 5.74) is 0.582. The van der Waals surface area contributed by atoms with Gasteiger partial charge < -0.3 is 14.6 Å². The van der Waals surface area contributed by atoms with Crippen LogP contribution in [0.3, 0.4) is 0 Å². The molecule has 0 unspecified atom stereocenters. The number of halogens is 1. The van der Waals surface area contributed by atoms with E-state index in [2.05, 4.69) is 20.4 Å². The first kappa shape index (κ1) is 17.0. The number of imidazole rings is 1. The van der Waals surface area contributed by atoms with Crippen molar-refractivity contribution in [1.82, 2.24) is 14.8 Å². The van der Waals surface area contributed by atoms with E-state index in [0.717, 1.165) is 38.5 Å². The van der Waals surface area contributed by atoms with Crippen LogP contribution >= 0.6 is 0 Å². The lowest BCUT2D eigenvalue weighted by molar-refractivity contribution is 0.566. The smallest absolute Gasteiger partial charge is 0.290 e. The fourth-order valence-electron chi connectivity index (χ4n) is 2.01. The van der Waals surface area contributed by atoms with Crippen LogP contribution in [-0.2, 0) is 11.3 Å². The first-order valence-corrected chi connectivity index (χ1v) is 7.48. The summed E-state index contributed by atoms with van der Waals surface area (Å²) in [6.07, 6.45) is 7.29. The van der Waals surface area contributed by atoms with Crippen molar-refractivity contribution in [2.24, 2.45) is 10.2 Å². The van der Waals surface area contributed by atoms with E-state index in [0.29, 0.717) is 11.6 Å². The minimum atomic E-state index is -0.300. The average Bonchev–Trinajstić information content (AvgIpc) is 3.01. The maximum Gasteiger partial charge on any atom is 0.290 e. The number of hydrogen-bond acceptors (Lipinski definition) is 5. The number of aromatic nitrogens is 2. The lowest BCUT2D eigenvalue weighted by Gasteiger charge is -2.04. The van der Waals surface area contributed by atoms with Crippen LogP contribution in [0.2, 0.25) is 0 Å². The summed E-state index contributed by atoms with van der Waals surface area (Å²) in [6.45, 7) is 1.59. The van der Waals surface area contributed by atoms with E-state index >= 15 is 0 Å². The van der Waals surface area contributed by atoms with Crippen LogP contribution in [0, 0.1) is 5.82 Å². The van der Waals surface area contributed by atoms with Gasteiger partial charge in [0.05, 0.1) is 11.9 Å². The molecule has 1 heterocycles. The Balaban J connectivity index is 1.78. The third-order valence-electron chi connectivity index (χ3n) is 3.18. The lowest BCUT2D eigenvalue weighted by Crippen LogP contribution is -2.21. The Morgan fingerprint density at radius 1 is 1.22 bits per heavy atom. The molecule has 0 atom stereocenters. The second-order valence-corrected chi connectivity index (χ2v) is 4.91. The average molecular weight is 314 g/mol. The molecule has 0 fully saturated rings. The van der Waals surface area contributed by atoms with Gasteiger partial charge in [0.15, 0.2) is 0 Å². The van der Waals surface area contributed by atoms with Crippen LogP contribution in [0.1, 0.15) is 19.3 Å². The minimum Gasteiger partial charge on any atom is -0.354 e. The number of aryl methyl sites for hydroxylation is 1. The molecule has 1 aromatic heterocycles. The van der Waals surface area contributed by atoms with Gasteiger partial charge in [0, 0.05) is 18.9 Å². The van der Waals surface area contributed by atoms with Crippen molar-refractivity contribution >= 4 is 25.2 Å². The van der Waals surface area contributed by atoms with Gasteiger partial charge in [-0.3, -0.25) is 0 Å². The lowest BCUT2D eigenvalue weighted by atomic mass is 9.99. The molecule has 0 spiro atoms. The summed E-state index contributed by atoms with van der Waals surface area (Å²) < 4.78 is 14.8. The second-order valence-electron chi connectivity index (χ2n) is 4.91. The topological polar surface area (TPSA) is 71.6 Å². The number of nitrogens with zero attached hydrogens (tertiary/aromatic N) is 4. The van der Waals surface area contributed by atoms with Gasteiger partial charge in [-0.15, -0.1) is 10.2 Å². The van der Waals surface area contributed by atoms with Crippen LogP contribution in [0.15, 0.2) is 46.9 Å². The first-order chi connectivity index (χ1) is 11.3. The number of carbonyl (C=O) groups excluding carboxylic acids is 1. The van der Waals surface area contributed by atoms with Crippen LogP contribution in [0.25, 0.3) is 0 Å². The van der Waals surface area contributed by atoms with Crippen LogP contribution in [0.5, 0.6) is 0 Å². The van der Waals surface area contributed by atoms with E-state index in [9.17, 15) is 9.18 Å². The van der Waals surface area contributed by atoms with E-state index in [1.165, 1.54) is 19.5 Å². The number of carbonyl (C=O) groups is 1. The molecule has 0 bridgehead atoms. The molecule has 119 valence electrons. The van der Waals surface area contributed by atoms with E-state index in [4.69, 9.17) is 0 Å². The Hall–Kier alpha value is -2.35. The highest BCUT2D eigenvalue weighted by molar-refractivity contribution is 6.64. The number of benzene rings is 1. The third kappa shape index (κ3) is 6.11. The maximum absolute atomic E-state index is 12.8. The van der Waals surface area contributed by atoms with Gasteiger partial charge in [0.1, 0.15) is 5.82 Å². The highest BCUT2D eigenvalue weighted by Crippen LogP contribution is 2.17. The molecule has 0 amide bonds. The van der Waals surface area contributed by atoms with Crippen molar-refractivity contribution in [2.75, 3.05) is 6.54 Å². The maximum atomic E-state index is 12.8. The zero-order valence-corrected chi connectivity index (χ0v) is 12.7. The van der Waals surface area contributed by atoms with Crippen molar-refractivity contribution < 1.29 is 9.18 Å². The molecular weight excluding hydrogens is 296 g/mol. The standard InChI is InChI=1S/C15H18BFN5O/c17-13-4-6-14(7-5-13)20-21-15-18-9-11-22(15)10-3-1-2-8-19-16-12-23/h4-7,9,11-12,19H,1-3,8,10H2. The summed E-state index contributed by atoms with van der Waals surface area (Å²) in [4.78, 5) is 14.3. The monoisotopic (exact) mass is 314 g/mol. The van der Waals surface area contributed by atoms with Gasteiger partial charge >= 0.3 is 0 Å². The minimum absolute atomic E-state index is 0.300. The van der Waals surface area contributed by atoms with Crippen LogP contribution in [-0.4, -0.2) is 29.7 Å². The SMILES string of the molecule is O=C[B]NCCCCCn1ccnc1N=Nc1ccc(F)cc1. The third-order valence-corrected chi connectivity index (χ3v) is 3.18. The fraction of sp³-hybridized carbons (Fsp3) is 0.333. The van der Waals surface area contributed by atoms with Gasteiger partial charge in [0.25, 0.3) is 7.41 Å². The quantitative estimate of drug-likeness (QED) is 0.317. The number of nitrogens with one attached hydrogen (secondary N) is 1. The summed E-state index contributed by atoms with van der Waals surface area (Å²) >= 11 is 0. The molecule has 0 aliphatic heterocycles. The zero-order valence-electron chi connectivity index (χ0n) is 12.7. The summed E-state index contributed by atoms with van der Waals surface area (Å²) in [5.74, 6) is 0.229. The second kappa shape index (κ2) is 9.63. The Bertz CT molecular complexity index is 629. The Labute approximate surface area is 135 Å². The summed E-state index contributed by atoms with van der Waals surface area (Å²) in [6, 6.07) is 5.82. The molecule has 23 heavy (non-hydrogen) atoms. The predicted molar refractivity (Wildman–Crippen MR) is 87.2 cm³/mol. The van der Waals surface area contributed by atoms with Crippen molar-refractivity contribution in [2.45, 2.75) is 25.8 Å². The van der Waals surface area contributed by atoms with Gasteiger partial charge in [0.2, 0.25) is 5.95 Å². The molecule has 1 aromatic carbocycles. The molecule has 1 N–H and O–H groups in total. The number of azo groups is 1. The van der Waals surface area contributed by atoms with Gasteiger partial charge in [-0.2, -0.15) is 0 Å². The Morgan fingerprint density at radius 2 is 2.04 bits per heavy atom. The van der Waals surface area contributed by atoms with Crippen molar-refractivity contribution in [3.05, 3.63) is 42.5 Å². The molecule has 1 radical (unpaired) electrons. The molecule has 6 nitrogen and oxygen atoms in total. The number of unbranched alkanes of at least 4 members (excludes halogenated alkanes) is 2. The highest BCUT2D eigenvalue weighted by Gasteiger charge is 2.01. The Morgan fingerprint density at radius 3 is 2.83 bits per heavy atom. The summed E-state index contributed by atoms with van der Waals surface area (Å²) in [7, 11) is 1.41. The number of hydrogen-bond donors (Lipinski definition) is 1. The molecule has 0 aliphatic carbocycles. The first-order valence-electron chi connectivity index (χ1n) is 7.48. The molecule has 8 heteroatoms. The van der Waals surface area contributed by atoms with Crippen LogP contribution in [0.4, 0.5) is 16.0 Å². The molecule has 0 aliphatic rings. The van der Waals surface area contributed by atoms with Crippen molar-refractivity contribution in [1.29, 1.82) is 0 Å². The number of rotatable bonds is 10. The van der Waals surface area contributed by atoms with Crippen molar-refractivity contribution in [3.63, 3.8) is 0 Å². The Kier molecular flexibility index (Phi) is 7.12. The molecular formula is C15H18BFN5O.